The summed E-state index contributed by atoms with van der Waals surface area (Å²) in [6, 6.07) is 0. The van der Waals surface area contributed by atoms with E-state index in [1.54, 1.807) is 6.08 Å². The molecule has 1 aliphatic heterocycles. The summed E-state index contributed by atoms with van der Waals surface area (Å²) < 4.78 is 0. The van der Waals surface area contributed by atoms with Crippen LogP contribution in [0.2, 0.25) is 0 Å². The molecule has 0 saturated carbocycles. The first kappa shape index (κ1) is 4.00. The molecule has 0 aromatic heterocycles. The molecule has 0 unspecified atom stereocenters. The molecule has 0 bridgehead atoms. The van der Waals surface area contributed by atoms with Crippen LogP contribution >= 0.6 is 0 Å². The van der Waals surface area contributed by atoms with Crippen molar-refractivity contribution in [2.24, 2.45) is 0 Å². The van der Waals surface area contributed by atoms with Gasteiger partial charge in [-0.2, -0.15) is 5.26 Å². The molecule has 1 aliphatic rings. The molecule has 0 aromatic carbocycles. The van der Waals surface area contributed by atoms with E-state index in [0.29, 0.717) is 6.54 Å². The zero-order valence-electron chi connectivity index (χ0n) is 3.66. The van der Waals surface area contributed by atoms with Crippen LogP contribution in [0.25, 0.3) is 0 Å². The molecule has 0 N–H and O–H groups in total. The Morgan fingerprint density at radius 1 is 1.86 bits per heavy atom. The van der Waals surface area contributed by atoms with E-state index in [2.05, 4.69) is 4.84 Å². The maximum atomic E-state index is 8.08. The molecule has 0 radical (unpaired) electrons. The van der Waals surface area contributed by atoms with Gasteiger partial charge in [-0.1, -0.05) is 0 Å². The van der Waals surface area contributed by atoms with Crippen LogP contribution in [0, 0.1) is 11.5 Å². The summed E-state index contributed by atoms with van der Waals surface area (Å²) in [4.78, 5) is 4.59. The van der Waals surface area contributed by atoms with Crippen molar-refractivity contribution in [3.8, 4) is 6.19 Å². The first-order valence-corrected chi connectivity index (χ1v) is 1.92. The lowest BCUT2D eigenvalue weighted by molar-refractivity contribution is -0.0164. The topological polar surface area (TPSA) is 36.3 Å². The maximum absolute atomic E-state index is 8.08. The van der Waals surface area contributed by atoms with E-state index in [9.17, 15) is 0 Å². The van der Waals surface area contributed by atoms with E-state index in [0.717, 1.165) is 0 Å². The van der Waals surface area contributed by atoms with Crippen LogP contribution < -0.4 is 0 Å². The quantitative estimate of drug-likeness (QED) is 0.405. The molecule has 3 heteroatoms. The number of nitriles is 1. The standard InChI is InChI=1S/C4H4N2O/c5-4-6-2-1-3-7-6/h1,3H,2H2. The summed E-state index contributed by atoms with van der Waals surface area (Å²) in [5.41, 5.74) is 0. The number of hydroxylamine groups is 2. The molecule has 0 aromatic rings. The first-order chi connectivity index (χ1) is 3.43. The van der Waals surface area contributed by atoms with Crippen molar-refractivity contribution in [3.05, 3.63) is 12.3 Å². The number of hydrogen-bond donors (Lipinski definition) is 0. The summed E-state index contributed by atoms with van der Waals surface area (Å²) in [7, 11) is 0. The first-order valence-electron chi connectivity index (χ1n) is 1.92. The van der Waals surface area contributed by atoms with Crippen LogP contribution in [0.4, 0.5) is 0 Å². The fourth-order valence-electron chi connectivity index (χ4n) is 0.363. The van der Waals surface area contributed by atoms with E-state index >= 15 is 0 Å². The van der Waals surface area contributed by atoms with Crippen molar-refractivity contribution in [2.45, 2.75) is 0 Å². The summed E-state index contributed by atoms with van der Waals surface area (Å²) in [5.74, 6) is 0. The second-order valence-electron chi connectivity index (χ2n) is 1.14. The Kier molecular flexibility index (Phi) is 0.868. The highest BCUT2D eigenvalue weighted by Crippen LogP contribution is 1.96. The fraction of sp³-hybridized carbons (Fsp3) is 0.250. The Labute approximate surface area is 41.4 Å². The van der Waals surface area contributed by atoms with Gasteiger partial charge in [0, 0.05) is 0 Å². The lowest BCUT2D eigenvalue weighted by atomic mass is 10.6. The van der Waals surface area contributed by atoms with Crippen LogP contribution in [0.15, 0.2) is 12.3 Å². The normalized spacial score (nSPS) is 16.1. The largest absolute Gasteiger partial charge is 0.378 e. The molecule has 0 fully saturated rings. The monoisotopic (exact) mass is 96.0 g/mol. The molecule has 3 nitrogen and oxygen atoms in total. The van der Waals surface area contributed by atoms with Gasteiger partial charge in [0.15, 0.2) is 0 Å². The number of rotatable bonds is 0. The minimum atomic E-state index is 0.580. The van der Waals surface area contributed by atoms with Gasteiger partial charge in [0.05, 0.1) is 6.54 Å². The average molecular weight is 96.1 g/mol. The van der Waals surface area contributed by atoms with Gasteiger partial charge in [-0.05, 0) is 6.08 Å². The van der Waals surface area contributed by atoms with E-state index in [1.807, 2.05) is 6.19 Å². The molecule has 0 amide bonds. The van der Waals surface area contributed by atoms with E-state index in [1.165, 1.54) is 11.3 Å². The van der Waals surface area contributed by atoms with Gasteiger partial charge in [-0.3, -0.25) is 0 Å². The number of hydrogen-bond acceptors (Lipinski definition) is 3. The minimum Gasteiger partial charge on any atom is -0.378 e. The van der Waals surface area contributed by atoms with Gasteiger partial charge >= 0.3 is 0 Å². The smallest absolute Gasteiger partial charge is 0.215 e. The Balaban J connectivity index is 2.39. The van der Waals surface area contributed by atoms with E-state index in [-0.39, 0.29) is 0 Å². The van der Waals surface area contributed by atoms with Crippen molar-refractivity contribution in [1.29, 1.82) is 5.26 Å². The molecule has 1 rings (SSSR count). The van der Waals surface area contributed by atoms with Crippen molar-refractivity contribution in [3.63, 3.8) is 0 Å². The highest BCUT2D eigenvalue weighted by Gasteiger charge is 2.00. The zero-order valence-corrected chi connectivity index (χ0v) is 3.66. The second kappa shape index (κ2) is 1.52. The van der Waals surface area contributed by atoms with E-state index < -0.39 is 0 Å². The van der Waals surface area contributed by atoms with Crippen LogP contribution in [0.5, 0.6) is 0 Å². The summed E-state index contributed by atoms with van der Waals surface area (Å²) in [6.45, 7) is 0.580. The third-order valence-corrected chi connectivity index (χ3v) is 0.667. The third-order valence-electron chi connectivity index (χ3n) is 0.667. The van der Waals surface area contributed by atoms with Crippen LogP contribution in [0.1, 0.15) is 0 Å². The molecule has 0 spiro atoms. The van der Waals surface area contributed by atoms with Crippen LogP contribution in [-0.4, -0.2) is 11.6 Å². The Hall–Kier alpha value is -1.17. The van der Waals surface area contributed by atoms with Crippen molar-refractivity contribution < 1.29 is 4.84 Å². The Bertz CT molecular complexity index is 116. The maximum Gasteiger partial charge on any atom is 0.215 e. The summed E-state index contributed by atoms with van der Waals surface area (Å²) in [5, 5.41) is 9.26. The second-order valence-corrected chi connectivity index (χ2v) is 1.14. The molecule has 0 aliphatic carbocycles. The molecule has 36 valence electrons. The van der Waals surface area contributed by atoms with E-state index in [4.69, 9.17) is 5.26 Å². The van der Waals surface area contributed by atoms with Crippen molar-refractivity contribution in [1.82, 2.24) is 5.06 Å². The SMILES string of the molecule is N#CN1CC=CO1. The molecular weight excluding hydrogens is 92.1 g/mol. The number of nitrogens with zero attached hydrogens (tertiary/aromatic N) is 2. The van der Waals surface area contributed by atoms with Gasteiger partial charge in [-0.25, -0.2) is 0 Å². The molecule has 1 heterocycles. The molecule has 7 heavy (non-hydrogen) atoms. The molecule has 0 saturated heterocycles. The van der Waals surface area contributed by atoms with Crippen LogP contribution in [-0.2, 0) is 4.84 Å². The third kappa shape index (κ3) is 0.631. The Morgan fingerprint density at radius 3 is 3.00 bits per heavy atom. The lowest BCUT2D eigenvalue weighted by Gasteiger charge is -2.00. The van der Waals surface area contributed by atoms with Crippen molar-refractivity contribution >= 4 is 0 Å². The van der Waals surface area contributed by atoms with Gasteiger partial charge < -0.3 is 4.84 Å². The summed E-state index contributed by atoms with van der Waals surface area (Å²) >= 11 is 0. The molecular formula is C4H4N2O. The average Bonchev–Trinajstić information content (AvgIpc) is 2.14. The predicted octanol–water partition coefficient (Wildman–Crippen LogP) is 0.228. The highest BCUT2D eigenvalue weighted by molar-refractivity contribution is 4.86. The highest BCUT2D eigenvalue weighted by atomic mass is 16.7. The Morgan fingerprint density at radius 2 is 2.71 bits per heavy atom. The lowest BCUT2D eigenvalue weighted by Crippen LogP contribution is -2.08. The summed E-state index contributed by atoms with van der Waals surface area (Å²) in [6.07, 6.45) is 5.07. The predicted molar refractivity (Wildman–Crippen MR) is 22.5 cm³/mol. The molecule has 0 atom stereocenters. The van der Waals surface area contributed by atoms with Gasteiger partial charge in [0.1, 0.15) is 6.26 Å². The fourth-order valence-corrected chi connectivity index (χ4v) is 0.363. The van der Waals surface area contributed by atoms with Gasteiger partial charge in [0.2, 0.25) is 6.19 Å². The van der Waals surface area contributed by atoms with Gasteiger partial charge in [-0.15, -0.1) is 5.06 Å². The zero-order chi connectivity index (χ0) is 5.11. The van der Waals surface area contributed by atoms with Crippen LogP contribution in [0.3, 0.4) is 0 Å². The van der Waals surface area contributed by atoms with Gasteiger partial charge in [0.25, 0.3) is 0 Å². The minimum absolute atomic E-state index is 0.580. The van der Waals surface area contributed by atoms with Crippen molar-refractivity contribution in [2.75, 3.05) is 6.54 Å².